The van der Waals surface area contributed by atoms with Gasteiger partial charge in [0.1, 0.15) is 18.2 Å². The van der Waals surface area contributed by atoms with Gasteiger partial charge in [0.25, 0.3) is 5.91 Å². The zero-order valence-corrected chi connectivity index (χ0v) is 42.6. The lowest BCUT2D eigenvalue weighted by Gasteiger charge is -2.45. The summed E-state index contributed by atoms with van der Waals surface area (Å²) >= 11 is 0. The van der Waals surface area contributed by atoms with Crippen molar-refractivity contribution in [3.63, 3.8) is 0 Å². The van der Waals surface area contributed by atoms with Crippen molar-refractivity contribution in [2.75, 3.05) is 65.5 Å². The van der Waals surface area contributed by atoms with Crippen LogP contribution in [-0.4, -0.2) is 150 Å². The number of ether oxygens (including phenoxy) is 2. The van der Waals surface area contributed by atoms with Crippen LogP contribution in [0.4, 0.5) is 19.0 Å². The number of anilines is 1. The summed E-state index contributed by atoms with van der Waals surface area (Å²) in [6.07, 6.45) is 5.93. The van der Waals surface area contributed by atoms with Gasteiger partial charge in [-0.15, -0.1) is 0 Å². The third-order valence-electron chi connectivity index (χ3n) is 15.6. The van der Waals surface area contributed by atoms with E-state index < -0.39 is 23.7 Å². The molecule has 17 nitrogen and oxygen atoms in total. The van der Waals surface area contributed by atoms with Crippen LogP contribution in [0, 0.1) is 11.8 Å². The molecule has 2 saturated carbocycles. The summed E-state index contributed by atoms with van der Waals surface area (Å²) in [5, 5.41) is 12.5. The molecule has 0 radical (unpaired) electrons. The number of alkyl halides is 3. The molecule has 2 saturated heterocycles. The quantitative estimate of drug-likeness (QED) is 0.0769. The highest BCUT2D eigenvalue weighted by atomic mass is 19.4. The molecule has 2 aromatic heterocycles. The van der Waals surface area contributed by atoms with Crippen LogP contribution in [0.5, 0.6) is 0 Å². The van der Waals surface area contributed by atoms with E-state index in [1.807, 2.05) is 35.2 Å². The standard InChI is InChI=1S/C54H69F3N10O7/c1-33(2)65(3)40-16-18-46(67-23-19-44(53(67)72)63-49-41-28-39(54(55,56)57)15-17-43(41)61-32-62-49)45(29-40)64-51(70)37-13-9-35(10-14-37)34-7-11-36(12-8-34)50(69)59-21-24-73-26-27-74-25-22-60-52(71)42-30-47(68)66(4)48(42)38-6-5-20-58-31-38/h5-8,11-12,15,17,20,28,31-33,35,37,40,42,44-46,48H,9-10,13-14,16,18-19,21-27,29-30H2,1-4H3,(H,59,69)(H,60,71)(H,64,70)(H,61,62,63)/t35?,37?,40-,42+,44+,45-,46+,48-/m1/s1. The van der Waals surface area contributed by atoms with Gasteiger partial charge in [0.05, 0.1) is 61.6 Å². The van der Waals surface area contributed by atoms with E-state index in [9.17, 15) is 37.1 Å². The van der Waals surface area contributed by atoms with Crippen molar-refractivity contribution in [1.82, 2.24) is 45.6 Å². The summed E-state index contributed by atoms with van der Waals surface area (Å²) in [6.45, 7) is 6.55. The van der Waals surface area contributed by atoms with E-state index >= 15 is 0 Å². The number of fused-ring (bicyclic) bond motifs is 1. The molecule has 0 spiro atoms. The number of halogens is 3. The molecule has 0 unspecified atom stereocenters. The maximum absolute atomic E-state index is 14.1. The van der Waals surface area contributed by atoms with Gasteiger partial charge in [-0.25, -0.2) is 9.97 Å². The maximum atomic E-state index is 14.1. The molecule has 4 aliphatic rings. The van der Waals surface area contributed by atoms with Crippen molar-refractivity contribution in [2.24, 2.45) is 11.8 Å². The van der Waals surface area contributed by atoms with Gasteiger partial charge in [0.2, 0.25) is 23.6 Å². The Balaban J connectivity index is 0.747. The van der Waals surface area contributed by atoms with Crippen molar-refractivity contribution in [3.8, 4) is 0 Å². The van der Waals surface area contributed by atoms with Gasteiger partial charge in [-0.3, -0.25) is 29.0 Å². The Kier molecular flexibility index (Phi) is 17.8. The van der Waals surface area contributed by atoms with Gasteiger partial charge in [-0.05, 0) is 126 Å². The predicted molar refractivity (Wildman–Crippen MR) is 271 cm³/mol. The lowest BCUT2D eigenvalue weighted by atomic mass is 9.77. The minimum absolute atomic E-state index is 0.00572. The molecule has 5 amide bonds. The number of likely N-dealkylation sites (tertiary alicyclic amines) is 2. The smallest absolute Gasteiger partial charge is 0.377 e. The zero-order chi connectivity index (χ0) is 52.5. The molecule has 4 N–H and O–H groups in total. The highest BCUT2D eigenvalue weighted by molar-refractivity contribution is 5.95. The largest absolute Gasteiger partial charge is 0.416 e. The van der Waals surface area contributed by atoms with Gasteiger partial charge >= 0.3 is 6.18 Å². The summed E-state index contributed by atoms with van der Waals surface area (Å²) in [4.78, 5) is 84.8. The van der Waals surface area contributed by atoms with E-state index in [0.717, 1.165) is 42.5 Å². The summed E-state index contributed by atoms with van der Waals surface area (Å²) in [5.41, 5.74) is 1.99. The van der Waals surface area contributed by atoms with E-state index in [0.29, 0.717) is 88.7 Å². The maximum Gasteiger partial charge on any atom is 0.416 e. The molecule has 6 atom stereocenters. The SMILES string of the molecule is CC(C)N(C)[C@@H]1CC[C@H](N2CC[C@H](Nc3ncnc4ccc(C(F)(F)F)cc34)C2=O)[C@H](NC(=O)C2CCC(c3ccc(C(=O)NCCOCCOCCNC(=O)[C@H]4CC(=O)N(C)[C@@H]4c4cccnc4)cc3)CC2)C1. The topological polar surface area (TPSA) is 200 Å². The lowest BCUT2D eigenvalue weighted by Crippen LogP contribution is -2.59. The van der Waals surface area contributed by atoms with Gasteiger partial charge < -0.3 is 45.4 Å². The van der Waals surface area contributed by atoms with E-state index in [1.165, 1.54) is 12.4 Å². The highest BCUT2D eigenvalue weighted by Crippen LogP contribution is 2.39. The first-order chi connectivity index (χ1) is 35.6. The third kappa shape index (κ3) is 13.0. The average Bonchev–Trinajstić information content (AvgIpc) is 3.92. The average molecular weight is 1030 g/mol. The third-order valence-corrected chi connectivity index (χ3v) is 15.6. The molecule has 0 bridgehead atoms. The van der Waals surface area contributed by atoms with E-state index in [4.69, 9.17) is 9.47 Å². The van der Waals surface area contributed by atoms with Crippen molar-refractivity contribution >= 4 is 46.3 Å². The Morgan fingerprint density at radius 3 is 2.27 bits per heavy atom. The van der Waals surface area contributed by atoms with E-state index in [1.54, 1.807) is 30.4 Å². The monoisotopic (exact) mass is 1030 g/mol. The van der Waals surface area contributed by atoms with Crippen molar-refractivity contribution in [3.05, 3.63) is 95.6 Å². The van der Waals surface area contributed by atoms with E-state index in [2.05, 4.69) is 62.0 Å². The number of rotatable bonds is 20. The Bertz CT molecular complexity index is 2580. The molecule has 2 aliphatic carbocycles. The van der Waals surface area contributed by atoms with Crippen molar-refractivity contribution in [2.45, 2.75) is 120 Å². The molecule has 2 aliphatic heterocycles. The fraction of sp³-hybridized carbons (Fsp3) is 0.556. The molecule has 74 heavy (non-hydrogen) atoms. The fourth-order valence-electron chi connectivity index (χ4n) is 11.2. The first kappa shape index (κ1) is 54.0. The van der Waals surface area contributed by atoms with Crippen LogP contribution in [0.3, 0.4) is 0 Å². The zero-order valence-electron chi connectivity index (χ0n) is 42.6. The minimum Gasteiger partial charge on any atom is -0.377 e. The normalized spacial score (nSPS) is 24.4. The van der Waals surface area contributed by atoms with Crippen molar-refractivity contribution in [1.29, 1.82) is 0 Å². The predicted octanol–water partition coefficient (Wildman–Crippen LogP) is 5.88. The Morgan fingerprint density at radius 1 is 0.851 bits per heavy atom. The second kappa shape index (κ2) is 24.4. The number of hydrogen-bond acceptors (Lipinski definition) is 12. The number of nitrogens with zero attached hydrogens (tertiary/aromatic N) is 6. The lowest BCUT2D eigenvalue weighted by molar-refractivity contribution is -0.137. The second-order valence-corrected chi connectivity index (χ2v) is 20.4. The number of pyridine rings is 1. The van der Waals surface area contributed by atoms with Gasteiger partial charge in [0, 0.05) is 74.4 Å². The van der Waals surface area contributed by atoms with Crippen molar-refractivity contribution < 1.29 is 46.6 Å². The number of carbonyl (C=O) groups is 5. The van der Waals surface area contributed by atoms with Crippen LogP contribution in [0.1, 0.15) is 111 Å². The Hall–Kier alpha value is -6.25. The van der Waals surface area contributed by atoms with Crippen LogP contribution < -0.4 is 21.3 Å². The number of aromatic nitrogens is 3. The van der Waals surface area contributed by atoms with Crippen LogP contribution in [0.25, 0.3) is 10.9 Å². The molecule has 20 heteroatoms. The number of nitrogens with one attached hydrogen (secondary N) is 4. The molecular formula is C54H69F3N10O7. The van der Waals surface area contributed by atoms with Gasteiger partial charge in [-0.1, -0.05) is 18.2 Å². The molecule has 8 rings (SSSR count). The van der Waals surface area contributed by atoms with Crippen LogP contribution >= 0.6 is 0 Å². The van der Waals surface area contributed by atoms with Crippen LogP contribution in [0.15, 0.2) is 73.3 Å². The summed E-state index contributed by atoms with van der Waals surface area (Å²) < 4.78 is 52.1. The Morgan fingerprint density at radius 2 is 1.58 bits per heavy atom. The van der Waals surface area contributed by atoms with Crippen LogP contribution in [0.2, 0.25) is 0 Å². The minimum atomic E-state index is -4.55. The molecule has 2 aromatic carbocycles. The van der Waals surface area contributed by atoms with Crippen LogP contribution in [-0.2, 0) is 34.8 Å². The fourth-order valence-corrected chi connectivity index (χ4v) is 11.2. The van der Waals surface area contributed by atoms with Gasteiger partial charge in [0.15, 0.2) is 0 Å². The summed E-state index contributed by atoms with van der Waals surface area (Å²) in [7, 11) is 3.80. The molecular weight excluding hydrogens is 958 g/mol. The molecule has 398 valence electrons. The van der Waals surface area contributed by atoms with Gasteiger partial charge in [-0.2, -0.15) is 13.2 Å². The first-order valence-corrected chi connectivity index (χ1v) is 26.0. The Labute approximate surface area is 430 Å². The number of hydrogen-bond donors (Lipinski definition) is 4. The number of carbonyl (C=O) groups excluding carboxylic acids is 5. The molecule has 4 heterocycles. The molecule has 4 aromatic rings. The summed E-state index contributed by atoms with van der Waals surface area (Å²) in [5.74, 6) is -0.935. The first-order valence-electron chi connectivity index (χ1n) is 26.0. The highest BCUT2D eigenvalue weighted by Gasteiger charge is 2.45. The van der Waals surface area contributed by atoms with E-state index in [-0.39, 0.29) is 89.8 Å². The second-order valence-electron chi connectivity index (χ2n) is 20.4. The molecule has 4 fully saturated rings. The summed E-state index contributed by atoms with van der Waals surface area (Å²) in [6, 6.07) is 13.5. The number of amides is 5. The number of benzene rings is 2.